The van der Waals surface area contributed by atoms with E-state index in [4.69, 9.17) is 4.74 Å². The van der Waals surface area contributed by atoms with Gasteiger partial charge in [-0.15, -0.1) is 22.7 Å². The monoisotopic (exact) mass is 426 g/mol. The van der Waals surface area contributed by atoms with E-state index in [0.717, 1.165) is 40.2 Å². The summed E-state index contributed by atoms with van der Waals surface area (Å²) in [4.78, 5) is 28.0. The molecule has 0 radical (unpaired) electrons. The van der Waals surface area contributed by atoms with E-state index in [-0.39, 0.29) is 12.7 Å². The molecule has 1 aliphatic heterocycles. The molecule has 0 unspecified atom stereocenters. The van der Waals surface area contributed by atoms with Crippen molar-refractivity contribution in [3.63, 3.8) is 0 Å². The molecule has 148 valence electrons. The van der Waals surface area contributed by atoms with Gasteiger partial charge in [0.1, 0.15) is 6.61 Å². The molecule has 0 bridgehead atoms. The van der Waals surface area contributed by atoms with Crippen LogP contribution >= 0.6 is 22.7 Å². The number of hydrogen-bond donors (Lipinski definition) is 0. The Hall–Kier alpha value is -2.85. The summed E-state index contributed by atoms with van der Waals surface area (Å²) in [7, 11) is 0. The fourth-order valence-corrected chi connectivity index (χ4v) is 4.72. The van der Waals surface area contributed by atoms with Crippen LogP contribution in [0.4, 0.5) is 4.79 Å². The summed E-state index contributed by atoms with van der Waals surface area (Å²) in [5.74, 6) is 0.330. The molecule has 0 spiro atoms. The third-order valence-electron chi connectivity index (χ3n) is 5.12. The highest BCUT2D eigenvalue weighted by molar-refractivity contribution is 7.13. The molecule has 0 N–H and O–H groups in total. The summed E-state index contributed by atoms with van der Waals surface area (Å²) in [5.41, 5.74) is 7.35. The smallest absolute Gasteiger partial charge is 0.410 e. The Balaban J connectivity index is 1.23. The normalized spacial score (nSPS) is 15.1. The fourth-order valence-electron chi connectivity index (χ4n) is 3.58. The number of amides is 1. The summed E-state index contributed by atoms with van der Waals surface area (Å²) >= 11 is 3.07. The summed E-state index contributed by atoms with van der Waals surface area (Å²) in [6, 6.07) is 0. The zero-order valence-corrected chi connectivity index (χ0v) is 17.1. The molecule has 0 atom stereocenters. The highest BCUT2D eigenvalue weighted by Gasteiger charge is 2.27. The molecule has 4 aromatic rings. The van der Waals surface area contributed by atoms with E-state index in [1.807, 2.05) is 40.2 Å². The van der Waals surface area contributed by atoms with E-state index in [1.54, 1.807) is 21.7 Å². The molecule has 1 amide bonds. The van der Waals surface area contributed by atoms with Crippen molar-refractivity contribution < 1.29 is 9.53 Å². The summed E-state index contributed by atoms with van der Waals surface area (Å²) in [5, 5.41) is 6.39. The van der Waals surface area contributed by atoms with E-state index < -0.39 is 0 Å². The molecule has 10 heteroatoms. The zero-order chi connectivity index (χ0) is 19.6. The second-order valence-corrected chi connectivity index (χ2v) is 8.48. The van der Waals surface area contributed by atoms with Crippen LogP contribution < -0.4 is 0 Å². The van der Waals surface area contributed by atoms with Crippen molar-refractivity contribution >= 4 is 34.4 Å². The lowest BCUT2D eigenvalue weighted by Crippen LogP contribution is -2.38. The van der Waals surface area contributed by atoms with Crippen LogP contribution in [0.2, 0.25) is 0 Å². The van der Waals surface area contributed by atoms with Crippen molar-refractivity contribution in [1.82, 2.24) is 29.5 Å². The maximum atomic E-state index is 12.3. The fraction of sp³-hybridized carbons (Fsp3) is 0.316. The molecule has 1 fully saturated rings. The molecule has 1 aliphatic rings. The standard InChI is InChI=1S/C19H18N6O2S2/c26-19(27-9-15-10-28-12-22-15)24-3-1-13(2-4-24)16-6-23-25-8-14(5-21-18(16)25)17-7-20-11-29-17/h5-8,10-13H,1-4,9H2. The van der Waals surface area contributed by atoms with E-state index in [2.05, 4.69) is 20.1 Å². The van der Waals surface area contributed by atoms with Gasteiger partial charge in [0.15, 0.2) is 5.65 Å². The van der Waals surface area contributed by atoms with Gasteiger partial charge in [0.25, 0.3) is 0 Å². The minimum atomic E-state index is -0.274. The number of hydrogen-bond acceptors (Lipinski definition) is 8. The first-order valence-electron chi connectivity index (χ1n) is 9.29. The van der Waals surface area contributed by atoms with Gasteiger partial charge in [0.05, 0.1) is 27.8 Å². The number of ether oxygens (including phenoxy) is 1. The first-order valence-corrected chi connectivity index (χ1v) is 11.1. The molecular formula is C19H18N6O2S2. The predicted octanol–water partition coefficient (Wildman–Crippen LogP) is 3.83. The van der Waals surface area contributed by atoms with Crippen LogP contribution in [0, 0.1) is 0 Å². The van der Waals surface area contributed by atoms with Crippen molar-refractivity contribution in [3.8, 4) is 10.4 Å². The van der Waals surface area contributed by atoms with E-state index in [9.17, 15) is 4.79 Å². The first kappa shape index (κ1) is 18.2. The number of carbonyl (C=O) groups excluding carboxylic acids is 1. The second kappa shape index (κ2) is 7.88. The van der Waals surface area contributed by atoms with Gasteiger partial charge < -0.3 is 9.64 Å². The molecule has 5 rings (SSSR count). The van der Waals surface area contributed by atoms with Crippen LogP contribution in [0.15, 0.2) is 41.2 Å². The predicted molar refractivity (Wildman–Crippen MR) is 110 cm³/mol. The summed E-state index contributed by atoms with van der Waals surface area (Å²) < 4.78 is 7.20. The number of piperidine rings is 1. The molecule has 29 heavy (non-hydrogen) atoms. The highest BCUT2D eigenvalue weighted by atomic mass is 32.1. The molecule has 8 nitrogen and oxygen atoms in total. The first-order chi connectivity index (χ1) is 14.3. The number of likely N-dealkylation sites (tertiary alicyclic amines) is 1. The van der Waals surface area contributed by atoms with Crippen molar-refractivity contribution in [2.24, 2.45) is 0 Å². The Kier molecular flexibility index (Phi) is 4.94. The molecule has 0 aliphatic carbocycles. The number of fused-ring (bicyclic) bond motifs is 1. The Morgan fingerprint density at radius 1 is 1.17 bits per heavy atom. The largest absolute Gasteiger partial charge is 0.443 e. The van der Waals surface area contributed by atoms with Crippen LogP contribution in [-0.2, 0) is 11.3 Å². The maximum Gasteiger partial charge on any atom is 0.410 e. The number of rotatable bonds is 4. The van der Waals surface area contributed by atoms with Crippen LogP contribution in [0.1, 0.15) is 30.0 Å². The lowest BCUT2D eigenvalue weighted by Gasteiger charge is -2.30. The van der Waals surface area contributed by atoms with Crippen LogP contribution in [0.5, 0.6) is 0 Å². The van der Waals surface area contributed by atoms with Gasteiger partial charge in [0.2, 0.25) is 0 Å². The lowest BCUT2D eigenvalue weighted by atomic mass is 9.91. The van der Waals surface area contributed by atoms with Crippen molar-refractivity contribution in [2.75, 3.05) is 13.1 Å². The maximum absolute atomic E-state index is 12.3. The summed E-state index contributed by atoms with van der Waals surface area (Å²) in [6.45, 7) is 1.55. The Morgan fingerprint density at radius 2 is 2.07 bits per heavy atom. The van der Waals surface area contributed by atoms with Crippen molar-refractivity contribution in [2.45, 2.75) is 25.4 Å². The average Bonchev–Trinajstić information content (AvgIpc) is 3.53. The van der Waals surface area contributed by atoms with Gasteiger partial charge >= 0.3 is 6.09 Å². The highest BCUT2D eigenvalue weighted by Crippen LogP contribution is 2.31. The van der Waals surface area contributed by atoms with E-state index in [1.165, 1.54) is 11.3 Å². The molecule has 1 saturated heterocycles. The van der Waals surface area contributed by atoms with Gasteiger partial charge in [-0.2, -0.15) is 5.10 Å². The minimum Gasteiger partial charge on any atom is -0.443 e. The van der Waals surface area contributed by atoms with Crippen molar-refractivity contribution in [3.05, 3.63) is 52.4 Å². The third kappa shape index (κ3) is 3.73. The minimum absolute atomic E-state index is 0.225. The van der Waals surface area contributed by atoms with E-state index >= 15 is 0 Å². The molecule has 0 saturated carbocycles. The van der Waals surface area contributed by atoms with Crippen molar-refractivity contribution in [1.29, 1.82) is 0 Å². The lowest BCUT2D eigenvalue weighted by molar-refractivity contribution is 0.0862. The molecule has 4 aromatic heterocycles. The summed E-state index contributed by atoms with van der Waals surface area (Å²) in [6.07, 6.45) is 9.06. The topological polar surface area (TPSA) is 85.5 Å². The quantitative estimate of drug-likeness (QED) is 0.493. The number of carbonyl (C=O) groups is 1. The molecule has 0 aromatic carbocycles. The zero-order valence-electron chi connectivity index (χ0n) is 15.5. The van der Waals surface area contributed by atoms with Gasteiger partial charge in [-0.25, -0.2) is 19.3 Å². The number of thiazole rings is 2. The van der Waals surface area contributed by atoms with Gasteiger partial charge in [-0.3, -0.25) is 4.98 Å². The third-order valence-corrected chi connectivity index (χ3v) is 6.58. The van der Waals surface area contributed by atoms with E-state index in [0.29, 0.717) is 19.0 Å². The van der Waals surface area contributed by atoms with Crippen LogP contribution in [0.3, 0.4) is 0 Å². The number of nitrogens with zero attached hydrogens (tertiary/aromatic N) is 6. The molecule has 5 heterocycles. The van der Waals surface area contributed by atoms with Gasteiger partial charge in [-0.05, 0) is 18.8 Å². The van der Waals surface area contributed by atoms with Gasteiger partial charge in [-0.1, -0.05) is 0 Å². The molecular weight excluding hydrogens is 408 g/mol. The Labute approximate surface area is 174 Å². The Bertz CT molecular complexity index is 1100. The number of aromatic nitrogens is 5. The van der Waals surface area contributed by atoms with Gasteiger partial charge in [0, 0.05) is 48.2 Å². The van der Waals surface area contributed by atoms with Crippen LogP contribution in [-0.4, -0.2) is 48.6 Å². The second-order valence-electron chi connectivity index (χ2n) is 6.87. The average molecular weight is 427 g/mol. The Morgan fingerprint density at radius 3 is 2.83 bits per heavy atom. The van der Waals surface area contributed by atoms with Crippen LogP contribution in [0.25, 0.3) is 16.1 Å². The SMILES string of the molecule is O=C(OCc1cscn1)N1CCC(c2cnn3cc(-c4cncs4)cnc23)CC1.